The molecular weight excluding hydrogens is 695 g/mol. The van der Waals surface area contributed by atoms with E-state index in [0.717, 1.165) is 84.9 Å². The van der Waals surface area contributed by atoms with Gasteiger partial charge in [0, 0.05) is 50.2 Å². The lowest BCUT2D eigenvalue weighted by atomic mass is 9.94. The third kappa shape index (κ3) is 5.84. The summed E-state index contributed by atoms with van der Waals surface area (Å²) in [5.41, 5.74) is 15.9. The van der Waals surface area contributed by atoms with Gasteiger partial charge in [0.15, 0.2) is 0 Å². The fourth-order valence-corrected chi connectivity index (χ4v) is 8.49. The van der Waals surface area contributed by atoms with Crippen molar-refractivity contribution in [2.24, 2.45) is 0 Å². The van der Waals surface area contributed by atoms with Crippen molar-refractivity contribution in [3.8, 4) is 33.4 Å². The third-order valence-corrected chi connectivity index (χ3v) is 11.3. The Morgan fingerprint density at radius 1 is 0.386 bits per heavy atom. The Morgan fingerprint density at radius 3 is 1.61 bits per heavy atom. The number of rotatable bonds is 7. The van der Waals surface area contributed by atoms with Gasteiger partial charge in [0.25, 0.3) is 0 Å². The molecule has 0 fully saturated rings. The van der Waals surface area contributed by atoms with E-state index in [0.29, 0.717) is 0 Å². The first kappa shape index (κ1) is 33.0. The molecule has 0 N–H and O–H groups in total. The maximum Gasteiger partial charge on any atom is 0.144 e. The van der Waals surface area contributed by atoms with Crippen LogP contribution in [0.4, 0.5) is 17.1 Å². The molecule has 11 rings (SSSR count). The summed E-state index contributed by atoms with van der Waals surface area (Å²) in [7, 11) is 0. The van der Waals surface area contributed by atoms with Crippen LogP contribution in [0.15, 0.2) is 209 Å². The Bertz CT molecular complexity index is 3050. The van der Waals surface area contributed by atoms with E-state index >= 15 is 0 Å². The summed E-state index contributed by atoms with van der Waals surface area (Å²) in [4.78, 5) is 2.31. The maximum absolute atomic E-state index is 7.04. The number of fused-ring (bicyclic) bond motifs is 6. The lowest BCUT2D eigenvalue weighted by Crippen LogP contribution is -2.09. The van der Waals surface area contributed by atoms with E-state index in [-0.39, 0.29) is 0 Å². The molecule has 3 heteroatoms. The number of hydrogen-bond donors (Lipinski definition) is 0. The molecule has 0 unspecified atom stereocenters. The first-order valence-electron chi connectivity index (χ1n) is 19.6. The van der Waals surface area contributed by atoms with Crippen LogP contribution in [0.25, 0.3) is 82.8 Å². The summed E-state index contributed by atoms with van der Waals surface area (Å²) >= 11 is 0. The molecule has 0 bridgehead atoms. The Hall–Kier alpha value is -7.36. The van der Waals surface area contributed by atoms with Crippen molar-refractivity contribution < 1.29 is 8.83 Å². The largest absolute Gasteiger partial charge is 0.456 e. The number of benzene rings is 8. The van der Waals surface area contributed by atoms with Gasteiger partial charge in [-0.3, -0.25) is 0 Å². The summed E-state index contributed by atoms with van der Waals surface area (Å²) in [6.45, 7) is 0. The van der Waals surface area contributed by atoms with Gasteiger partial charge in [0.05, 0.1) is 0 Å². The van der Waals surface area contributed by atoms with Gasteiger partial charge in [0.2, 0.25) is 0 Å². The highest BCUT2D eigenvalue weighted by atomic mass is 16.3. The fourth-order valence-electron chi connectivity index (χ4n) is 8.49. The number of allylic oxidation sites excluding steroid dienone is 4. The average Bonchev–Trinajstić information content (AvgIpc) is 3.85. The first-order chi connectivity index (χ1) is 28.2. The maximum atomic E-state index is 7.04. The second-order valence-electron chi connectivity index (χ2n) is 14.8. The van der Waals surface area contributed by atoms with Crippen LogP contribution in [0.3, 0.4) is 0 Å². The van der Waals surface area contributed by atoms with E-state index in [1.807, 2.05) is 12.1 Å². The summed E-state index contributed by atoms with van der Waals surface area (Å²) in [6.07, 6.45) is 8.99. The molecule has 0 saturated heterocycles. The minimum absolute atomic E-state index is 0.821. The van der Waals surface area contributed by atoms with Gasteiger partial charge in [-0.05, 0) is 100 Å². The highest BCUT2D eigenvalue weighted by Crippen LogP contribution is 2.46. The predicted molar refractivity (Wildman–Crippen MR) is 238 cm³/mol. The molecule has 1 aliphatic carbocycles. The quantitative estimate of drug-likeness (QED) is 0.163. The number of hydrogen-bond acceptors (Lipinski definition) is 3. The zero-order valence-corrected chi connectivity index (χ0v) is 31.2. The third-order valence-electron chi connectivity index (χ3n) is 11.3. The van der Waals surface area contributed by atoms with Gasteiger partial charge in [-0.25, -0.2) is 0 Å². The summed E-state index contributed by atoms with van der Waals surface area (Å²) in [5, 5.41) is 4.23. The molecule has 2 heterocycles. The molecule has 57 heavy (non-hydrogen) atoms. The molecular formula is C54H37NO2. The Kier molecular flexibility index (Phi) is 7.96. The topological polar surface area (TPSA) is 29.5 Å². The molecule has 1 aliphatic rings. The second kappa shape index (κ2) is 13.7. The molecule has 0 radical (unpaired) electrons. The number of anilines is 3. The molecule has 0 saturated carbocycles. The van der Waals surface area contributed by atoms with Gasteiger partial charge in [-0.2, -0.15) is 0 Å². The van der Waals surface area contributed by atoms with Crippen LogP contribution in [0.5, 0.6) is 0 Å². The van der Waals surface area contributed by atoms with E-state index in [1.165, 1.54) is 33.4 Å². The number of nitrogens with zero attached hydrogens (tertiary/aromatic N) is 1. The van der Waals surface area contributed by atoms with Crippen LogP contribution in [0.1, 0.15) is 18.4 Å². The first-order valence-corrected chi connectivity index (χ1v) is 19.6. The second-order valence-corrected chi connectivity index (χ2v) is 14.8. The van der Waals surface area contributed by atoms with Gasteiger partial charge in [-0.1, -0.05) is 146 Å². The molecule has 2 aromatic heterocycles. The number of para-hydroxylation sites is 1. The SMILES string of the molecule is C1=CC(c2ccc(-c3c4oc5cc(N(c6ccc(-c7ccccc7)cc6)c6ccc(-c7ccccc7)cc6)ccc5c4cc4oc5ccccc5c34)cc2)=CCC1. The highest BCUT2D eigenvalue weighted by Gasteiger charge is 2.22. The van der Waals surface area contributed by atoms with Gasteiger partial charge < -0.3 is 13.7 Å². The zero-order valence-electron chi connectivity index (χ0n) is 31.2. The standard InChI is InChI=1S/C54H37NO2/c1-4-12-36(13-5-1)39-20-22-42(23-21-39)52-53-47-18-10-11-19-49(47)56-51(53)35-48-46-33-32-45(34-50(46)57-54(48)52)55(43-28-24-40(25-29-43)37-14-6-2-7-15-37)44-30-26-41(27-31-44)38-16-8-3-9-17-38/h2-4,6-35H,1,5H2. The van der Waals surface area contributed by atoms with Crippen LogP contribution >= 0.6 is 0 Å². The molecule has 0 spiro atoms. The zero-order chi connectivity index (χ0) is 37.7. The normalized spacial score (nSPS) is 12.8. The van der Waals surface area contributed by atoms with Crippen molar-refractivity contribution in [2.45, 2.75) is 12.8 Å². The van der Waals surface area contributed by atoms with Crippen molar-refractivity contribution >= 4 is 66.5 Å². The minimum Gasteiger partial charge on any atom is -0.456 e. The van der Waals surface area contributed by atoms with E-state index in [9.17, 15) is 0 Å². The lowest BCUT2D eigenvalue weighted by Gasteiger charge is -2.26. The van der Waals surface area contributed by atoms with Crippen molar-refractivity contribution in [1.29, 1.82) is 0 Å². The smallest absolute Gasteiger partial charge is 0.144 e. The minimum atomic E-state index is 0.821. The summed E-state index contributed by atoms with van der Waals surface area (Å²) in [5.74, 6) is 0. The van der Waals surface area contributed by atoms with Crippen LogP contribution < -0.4 is 4.90 Å². The fraction of sp³-hybridized carbons (Fsp3) is 0.0370. The molecule has 8 aromatic carbocycles. The Morgan fingerprint density at radius 2 is 0.965 bits per heavy atom. The Labute approximate surface area is 331 Å². The van der Waals surface area contributed by atoms with Crippen LogP contribution in [0.2, 0.25) is 0 Å². The van der Waals surface area contributed by atoms with Gasteiger partial charge in [0.1, 0.15) is 22.3 Å². The molecule has 270 valence electrons. The lowest BCUT2D eigenvalue weighted by molar-refractivity contribution is 0.664. The van der Waals surface area contributed by atoms with Crippen LogP contribution in [-0.4, -0.2) is 0 Å². The van der Waals surface area contributed by atoms with Crippen LogP contribution in [0, 0.1) is 0 Å². The summed E-state index contributed by atoms with van der Waals surface area (Å²) < 4.78 is 13.6. The van der Waals surface area contributed by atoms with E-state index in [4.69, 9.17) is 8.83 Å². The average molecular weight is 732 g/mol. The molecule has 3 nitrogen and oxygen atoms in total. The predicted octanol–water partition coefficient (Wildman–Crippen LogP) is 15.7. The van der Waals surface area contributed by atoms with Crippen molar-refractivity contribution in [3.63, 3.8) is 0 Å². The van der Waals surface area contributed by atoms with E-state index in [2.05, 4.69) is 193 Å². The van der Waals surface area contributed by atoms with E-state index < -0.39 is 0 Å². The Balaban J connectivity index is 1.08. The van der Waals surface area contributed by atoms with Crippen molar-refractivity contribution in [2.75, 3.05) is 4.90 Å². The molecule has 0 aliphatic heterocycles. The van der Waals surface area contributed by atoms with E-state index in [1.54, 1.807) is 0 Å². The molecule has 0 amide bonds. The monoisotopic (exact) mass is 731 g/mol. The number of furan rings is 2. The van der Waals surface area contributed by atoms with Crippen molar-refractivity contribution in [3.05, 3.63) is 206 Å². The highest BCUT2D eigenvalue weighted by molar-refractivity contribution is 6.23. The van der Waals surface area contributed by atoms with Crippen LogP contribution in [-0.2, 0) is 0 Å². The molecule has 10 aromatic rings. The van der Waals surface area contributed by atoms with Crippen molar-refractivity contribution in [1.82, 2.24) is 0 Å². The molecule has 0 atom stereocenters. The van der Waals surface area contributed by atoms with Gasteiger partial charge in [-0.15, -0.1) is 0 Å². The summed E-state index contributed by atoms with van der Waals surface area (Å²) in [6, 6.07) is 64.6. The van der Waals surface area contributed by atoms with Gasteiger partial charge >= 0.3 is 0 Å².